The van der Waals surface area contributed by atoms with Gasteiger partial charge >= 0.3 is 0 Å². The Morgan fingerprint density at radius 3 is 2.41 bits per heavy atom. The number of rotatable bonds is 6. The van der Waals surface area contributed by atoms with Crippen molar-refractivity contribution >= 4 is 11.6 Å². The number of hydrogen-bond donors (Lipinski definition) is 1. The maximum atomic E-state index is 12.3. The molecule has 0 aliphatic rings. The number of methoxy groups -OCH3 is 2. The lowest BCUT2D eigenvalue weighted by Crippen LogP contribution is -2.20. The first-order valence-electron chi connectivity index (χ1n) is 8.37. The molecule has 8 nitrogen and oxygen atoms in total. The van der Waals surface area contributed by atoms with Crippen molar-refractivity contribution < 1.29 is 14.3 Å². The van der Waals surface area contributed by atoms with Crippen molar-refractivity contribution in [3.05, 3.63) is 47.5 Å². The minimum absolute atomic E-state index is 0.0344. The molecule has 0 fully saturated rings. The van der Waals surface area contributed by atoms with Gasteiger partial charge in [0.25, 0.3) is 0 Å². The quantitative estimate of drug-likeness (QED) is 0.720. The van der Waals surface area contributed by atoms with E-state index < -0.39 is 0 Å². The molecule has 0 saturated heterocycles. The number of amides is 1. The zero-order chi connectivity index (χ0) is 19.4. The van der Waals surface area contributed by atoms with Gasteiger partial charge in [-0.05, 0) is 60.5 Å². The highest BCUT2D eigenvalue weighted by Gasteiger charge is 2.12. The molecule has 1 N–H and O–H groups in total. The van der Waals surface area contributed by atoms with Gasteiger partial charge < -0.3 is 14.8 Å². The third-order valence-corrected chi connectivity index (χ3v) is 3.89. The van der Waals surface area contributed by atoms with Gasteiger partial charge in [-0.15, -0.1) is 10.2 Å². The first-order chi connectivity index (χ1) is 13.0. The Kier molecular flexibility index (Phi) is 5.35. The van der Waals surface area contributed by atoms with Gasteiger partial charge in [0, 0.05) is 11.3 Å². The zero-order valence-corrected chi connectivity index (χ0v) is 15.7. The van der Waals surface area contributed by atoms with E-state index in [4.69, 9.17) is 9.47 Å². The molecule has 1 heterocycles. The molecule has 0 aliphatic carbocycles. The van der Waals surface area contributed by atoms with Gasteiger partial charge in [-0.25, -0.2) is 0 Å². The van der Waals surface area contributed by atoms with Crippen LogP contribution in [0.3, 0.4) is 0 Å². The van der Waals surface area contributed by atoms with Gasteiger partial charge in [0.2, 0.25) is 11.7 Å². The number of nitrogens with one attached hydrogen (secondary N) is 1. The fourth-order valence-corrected chi connectivity index (χ4v) is 2.78. The lowest BCUT2D eigenvalue weighted by molar-refractivity contribution is -0.117. The number of hydrogen-bond acceptors (Lipinski definition) is 6. The Bertz CT molecular complexity index is 947. The first kappa shape index (κ1) is 18.4. The number of nitrogens with zero attached hydrogens (tertiary/aromatic N) is 4. The molecule has 0 saturated carbocycles. The van der Waals surface area contributed by atoms with E-state index in [1.54, 1.807) is 32.4 Å². The minimum Gasteiger partial charge on any atom is -0.493 e. The van der Waals surface area contributed by atoms with Gasteiger partial charge in [0.1, 0.15) is 6.54 Å². The lowest BCUT2D eigenvalue weighted by atomic mass is 10.1. The number of tetrazole rings is 1. The van der Waals surface area contributed by atoms with Crippen molar-refractivity contribution in [2.75, 3.05) is 19.5 Å². The molecule has 0 unspecified atom stereocenters. The summed E-state index contributed by atoms with van der Waals surface area (Å²) in [6, 6.07) is 11.2. The Morgan fingerprint density at radius 1 is 1.04 bits per heavy atom. The maximum absolute atomic E-state index is 12.3. The Hall–Kier alpha value is -3.42. The van der Waals surface area contributed by atoms with Gasteiger partial charge in [0.15, 0.2) is 11.5 Å². The molecule has 1 aromatic heterocycles. The number of carbonyl (C=O) groups excluding carboxylic acids is 1. The van der Waals surface area contributed by atoms with Gasteiger partial charge in [-0.3, -0.25) is 4.79 Å². The molecule has 2 aromatic carbocycles. The van der Waals surface area contributed by atoms with Crippen LogP contribution in [0.15, 0.2) is 36.4 Å². The van der Waals surface area contributed by atoms with E-state index in [9.17, 15) is 4.79 Å². The van der Waals surface area contributed by atoms with Crippen LogP contribution < -0.4 is 14.8 Å². The second-order valence-corrected chi connectivity index (χ2v) is 6.14. The van der Waals surface area contributed by atoms with Crippen LogP contribution in [0.2, 0.25) is 0 Å². The highest BCUT2D eigenvalue weighted by atomic mass is 16.5. The number of benzene rings is 2. The second-order valence-electron chi connectivity index (χ2n) is 6.14. The molecular formula is C19H21N5O3. The molecule has 0 bridgehead atoms. The molecule has 0 spiro atoms. The number of ether oxygens (including phenoxy) is 2. The topological polar surface area (TPSA) is 91.2 Å². The molecule has 3 aromatic rings. The smallest absolute Gasteiger partial charge is 0.248 e. The standard InChI is InChI=1S/C19H21N5O3/c1-12-7-13(2)9-15(8-12)20-18(25)11-24-22-19(21-23-24)14-5-6-16(26-3)17(10-14)27-4/h5-10H,11H2,1-4H3,(H,20,25). The van der Waals surface area contributed by atoms with E-state index in [2.05, 4.69) is 20.7 Å². The summed E-state index contributed by atoms with van der Waals surface area (Å²) in [5.41, 5.74) is 3.63. The summed E-state index contributed by atoms with van der Waals surface area (Å²) in [5.74, 6) is 1.35. The van der Waals surface area contributed by atoms with Crippen molar-refractivity contribution in [3.63, 3.8) is 0 Å². The van der Waals surface area contributed by atoms with Crippen LogP contribution in [0.1, 0.15) is 11.1 Å². The summed E-state index contributed by atoms with van der Waals surface area (Å²) in [4.78, 5) is 13.5. The lowest BCUT2D eigenvalue weighted by Gasteiger charge is -2.07. The van der Waals surface area contributed by atoms with E-state index in [0.29, 0.717) is 22.9 Å². The fourth-order valence-electron chi connectivity index (χ4n) is 2.78. The van der Waals surface area contributed by atoms with Gasteiger partial charge in [0.05, 0.1) is 14.2 Å². The van der Waals surface area contributed by atoms with Gasteiger partial charge in [-0.1, -0.05) is 6.07 Å². The Balaban J connectivity index is 1.71. The molecule has 27 heavy (non-hydrogen) atoms. The normalized spacial score (nSPS) is 10.5. The second kappa shape index (κ2) is 7.86. The molecule has 1 amide bonds. The van der Waals surface area contributed by atoms with E-state index in [-0.39, 0.29) is 12.5 Å². The van der Waals surface area contributed by atoms with E-state index in [1.807, 2.05) is 32.0 Å². The summed E-state index contributed by atoms with van der Waals surface area (Å²) in [7, 11) is 3.13. The van der Waals surface area contributed by atoms with E-state index >= 15 is 0 Å². The van der Waals surface area contributed by atoms with E-state index in [1.165, 1.54) is 4.80 Å². The SMILES string of the molecule is COc1ccc(-c2nnn(CC(=O)Nc3cc(C)cc(C)c3)n2)cc1OC. The number of carbonyl (C=O) groups is 1. The summed E-state index contributed by atoms with van der Waals surface area (Å²) < 4.78 is 10.5. The highest BCUT2D eigenvalue weighted by molar-refractivity contribution is 5.90. The number of anilines is 1. The third kappa shape index (κ3) is 4.41. The number of aryl methyl sites for hydroxylation is 2. The molecule has 140 valence electrons. The largest absolute Gasteiger partial charge is 0.493 e. The molecule has 0 atom stereocenters. The van der Waals surface area contributed by atoms with Crippen LogP contribution in [-0.2, 0) is 11.3 Å². The van der Waals surface area contributed by atoms with Crippen molar-refractivity contribution in [2.45, 2.75) is 20.4 Å². The minimum atomic E-state index is -0.226. The Labute approximate surface area is 157 Å². The van der Waals surface area contributed by atoms with Crippen LogP contribution >= 0.6 is 0 Å². The first-order valence-corrected chi connectivity index (χ1v) is 8.37. The summed E-state index contributed by atoms with van der Waals surface area (Å²) in [6.45, 7) is 3.93. The monoisotopic (exact) mass is 367 g/mol. The summed E-state index contributed by atoms with van der Waals surface area (Å²) in [6.07, 6.45) is 0. The van der Waals surface area contributed by atoms with Crippen LogP contribution in [0.5, 0.6) is 11.5 Å². The predicted octanol–water partition coefficient (Wildman–Crippen LogP) is 2.61. The van der Waals surface area contributed by atoms with Gasteiger partial charge in [-0.2, -0.15) is 4.80 Å². The summed E-state index contributed by atoms with van der Waals surface area (Å²) in [5, 5.41) is 15.1. The average molecular weight is 367 g/mol. The zero-order valence-electron chi connectivity index (χ0n) is 15.7. The third-order valence-electron chi connectivity index (χ3n) is 3.89. The highest BCUT2D eigenvalue weighted by Crippen LogP contribution is 2.30. The van der Waals surface area contributed by atoms with E-state index in [0.717, 1.165) is 16.8 Å². The number of aromatic nitrogens is 4. The van der Waals surface area contributed by atoms with Crippen LogP contribution in [0.4, 0.5) is 5.69 Å². The van der Waals surface area contributed by atoms with Crippen molar-refractivity contribution in [1.29, 1.82) is 0 Å². The van der Waals surface area contributed by atoms with Crippen LogP contribution in [0.25, 0.3) is 11.4 Å². The average Bonchev–Trinajstić information content (AvgIpc) is 3.08. The fraction of sp³-hybridized carbons (Fsp3) is 0.263. The van der Waals surface area contributed by atoms with Crippen molar-refractivity contribution in [2.24, 2.45) is 0 Å². The molecule has 0 radical (unpaired) electrons. The summed E-state index contributed by atoms with van der Waals surface area (Å²) >= 11 is 0. The molecule has 8 heteroatoms. The molecular weight excluding hydrogens is 346 g/mol. The molecule has 3 rings (SSSR count). The maximum Gasteiger partial charge on any atom is 0.248 e. The Morgan fingerprint density at radius 2 is 1.74 bits per heavy atom. The molecule has 0 aliphatic heterocycles. The van der Waals surface area contributed by atoms with Crippen LogP contribution in [-0.4, -0.2) is 40.3 Å². The van der Waals surface area contributed by atoms with Crippen LogP contribution in [0, 0.1) is 13.8 Å². The predicted molar refractivity (Wildman–Crippen MR) is 101 cm³/mol. The van der Waals surface area contributed by atoms with Crippen molar-refractivity contribution in [3.8, 4) is 22.9 Å². The van der Waals surface area contributed by atoms with Crippen molar-refractivity contribution in [1.82, 2.24) is 20.2 Å².